The van der Waals surface area contributed by atoms with Gasteiger partial charge in [0.2, 0.25) is 12.3 Å². The Labute approximate surface area is 133 Å². The predicted octanol–water partition coefficient (Wildman–Crippen LogP) is 3.59. The van der Waals surface area contributed by atoms with Crippen LogP contribution < -0.4 is 0 Å². The highest BCUT2D eigenvalue weighted by Crippen LogP contribution is 2.38. The average Bonchev–Trinajstić information content (AvgIpc) is 2.58. The number of alkyl halides is 4. The maximum absolute atomic E-state index is 14.2. The molecule has 0 N–H and O–H groups in total. The van der Waals surface area contributed by atoms with Crippen molar-refractivity contribution in [2.45, 2.75) is 23.7 Å². The van der Waals surface area contributed by atoms with Crippen molar-refractivity contribution in [1.29, 1.82) is 0 Å². The van der Waals surface area contributed by atoms with Crippen LogP contribution in [0.15, 0.2) is 47.6 Å². The topological polar surface area (TPSA) is 43.4 Å². The van der Waals surface area contributed by atoms with Crippen molar-refractivity contribution < 1.29 is 49.4 Å². The van der Waals surface area contributed by atoms with E-state index < -0.39 is 58.9 Å². The van der Waals surface area contributed by atoms with Gasteiger partial charge < -0.3 is 4.74 Å². The summed E-state index contributed by atoms with van der Waals surface area (Å²) in [4.78, 5) is 23.0. The Hall–Kier alpha value is -2.46. The van der Waals surface area contributed by atoms with Gasteiger partial charge in [-0.3, -0.25) is 0 Å². The highest BCUT2D eigenvalue weighted by Gasteiger charge is 2.57. The number of ether oxygens (including phenoxy) is 1. The second-order valence-corrected chi connectivity index (χ2v) is 5.00. The van der Waals surface area contributed by atoms with E-state index in [9.17, 15) is 44.7 Å². The third-order valence-electron chi connectivity index (χ3n) is 3.39. The normalized spacial score (nSPS) is 35.2. The lowest BCUT2D eigenvalue weighted by Gasteiger charge is -2.28. The van der Waals surface area contributed by atoms with Crippen molar-refractivity contribution in [3.8, 4) is 0 Å². The van der Waals surface area contributed by atoms with Crippen LogP contribution in [0.5, 0.6) is 0 Å². The van der Waals surface area contributed by atoms with Crippen molar-refractivity contribution in [1.82, 2.24) is 0 Å². The highest BCUT2D eigenvalue weighted by molar-refractivity contribution is 5.97. The molecule has 0 aromatic carbocycles. The van der Waals surface area contributed by atoms with Gasteiger partial charge in [-0.25, -0.2) is 44.7 Å². The Bertz CT molecular complexity index is 693. The number of esters is 2. The van der Waals surface area contributed by atoms with E-state index in [0.29, 0.717) is 0 Å². The van der Waals surface area contributed by atoms with Gasteiger partial charge in [0.25, 0.3) is 11.3 Å². The second-order valence-electron chi connectivity index (χ2n) is 5.00. The number of halogens is 8. The zero-order chi connectivity index (χ0) is 19.2. The summed E-state index contributed by atoms with van der Waals surface area (Å²) in [5.74, 6) is -13.4. The van der Waals surface area contributed by atoms with Gasteiger partial charge in [-0.1, -0.05) is 0 Å². The molecular weight excluding hydrogens is 368 g/mol. The van der Waals surface area contributed by atoms with E-state index in [2.05, 4.69) is 4.74 Å². The molecule has 2 aliphatic rings. The minimum atomic E-state index is -4.06. The summed E-state index contributed by atoms with van der Waals surface area (Å²) in [7, 11) is 0. The van der Waals surface area contributed by atoms with Gasteiger partial charge in [-0.2, -0.15) is 0 Å². The van der Waals surface area contributed by atoms with Crippen LogP contribution in [0, 0.1) is 0 Å². The number of carbonyl (C=O) groups is 2. The molecule has 25 heavy (non-hydrogen) atoms. The van der Waals surface area contributed by atoms with Gasteiger partial charge in [0.05, 0.1) is 0 Å². The molecule has 0 saturated carbocycles. The van der Waals surface area contributed by atoms with Crippen LogP contribution in [0.1, 0.15) is 0 Å². The van der Waals surface area contributed by atoms with Crippen molar-refractivity contribution >= 4 is 11.9 Å². The van der Waals surface area contributed by atoms with Gasteiger partial charge in [0, 0.05) is 0 Å². The fourth-order valence-electron chi connectivity index (χ4n) is 1.91. The third kappa shape index (κ3) is 2.87. The monoisotopic (exact) mass is 374 g/mol. The van der Waals surface area contributed by atoms with Crippen LogP contribution >= 0.6 is 0 Å². The van der Waals surface area contributed by atoms with Gasteiger partial charge in [-0.15, -0.1) is 0 Å². The van der Waals surface area contributed by atoms with Gasteiger partial charge >= 0.3 is 11.9 Å². The molecule has 4 atom stereocenters. The molecule has 3 nitrogen and oxygen atoms in total. The highest BCUT2D eigenvalue weighted by atomic mass is 19.2. The van der Waals surface area contributed by atoms with E-state index in [1.54, 1.807) is 0 Å². The molecule has 4 unspecified atom stereocenters. The summed E-state index contributed by atoms with van der Waals surface area (Å²) < 4.78 is 111. The Morgan fingerprint density at radius 2 is 1.12 bits per heavy atom. The first-order valence-corrected chi connectivity index (χ1v) is 6.36. The summed E-state index contributed by atoms with van der Waals surface area (Å²) in [6, 6.07) is 0. The number of carbonyl (C=O) groups excluding carboxylic acids is 2. The van der Waals surface area contributed by atoms with Crippen molar-refractivity contribution in [2.75, 3.05) is 0 Å². The minimum Gasteiger partial charge on any atom is -0.388 e. The lowest BCUT2D eigenvalue weighted by atomic mass is 9.92. The molecule has 0 saturated heterocycles. The number of hydrogen-bond acceptors (Lipinski definition) is 3. The van der Waals surface area contributed by atoms with Gasteiger partial charge in [0.1, 0.15) is 0 Å². The first-order valence-electron chi connectivity index (χ1n) is 6.36. The van der Waals surface area contributed by atoms with Gasteiger partial charge in [-0.05, 0) is 24.3 Å². The quantitative estimate of drug-likeness (QED) is 0.422. The first kappa shape index (κ1) is 18.9. The summed E-state index contributed by atoms with van der Waals surface area (Å²) >= 11 is 0. The van der Waals surface area contributed by atoms with E-state index in [1.807, 2.05) is 0 Å². The third-order valence-corrected chi connectivity index (χ3v) is 3.39. The van der Waals surface area contributed by atoms with E-state index in [4.69, 9.17) is 0 Å². The fraction of sp³-hybridized carbons (Fsp3) is 0.286. The van der Waals surface area contributed by atoms with E-state index in [-0.39, 0.29) is 24.3 Å². The fourth-order valence-corrected chi connectivity index (χ4v) is 1.91. The largest absolute Gasteiger partial charge is 0.388 e. The molecule has 2 rings (SSSR count). The molecule has 0 aliphatic heterocycles. The molecule has 136 valence electrons. The van der Waals surface area contributed by atoms with Crippen LogP contribution in [0.3, 0.4) is 0 Å². The van der Waals surface area contributed by atoms with Crippen LogP contribution in [-0.2, 0) is 14.3 Å². The number of rotatable bonds is 2. The van der Waals surface area contributed by atoms with Crippen LogP contribution in [0.25, 0.3) is 0 Å². The second kappa shape index (κ2) is 6.12. The number of allylic oxidation sites excluding steroid dienone is 6. The molecule has 0 radical (unpaired) electrons. The number of hydrogen-bond donors (Lipinski definition) is 0. The lowest BCUT2D eigenvalue weighted by Crippen LogP contribution is -2.50. The Morgan fingerprint density at radius 1 is 0.800 bits per heavy atom. The zero-order valence-electron chi connectivity index (χ0n) is 11.7. The first-order chi connectivity index (χ1) is 11.4. The van der Waals surface area contributed by atoms with Crippen molar-refractivity contribution in [3.05, 3.63) is 47.6 Å². The van der Waals surface area contributed by atoms with E-state index in [1.165, 1.54) is 0 Å². The summed E-state index contributed by atoms with van der Waals surface area (Å²) in [5.41, 5.74) is -8.12. The molecule has 11 heteroatoms. The van der Waals surface area contributed by atoms with E-state index >= 15 is 0 Å². The molecule has 0 bridgehead atoms. The molecular formula is C14H6F8O3. The molecule has 0 amide bonds. The summed E-state index contributed by atoms with van der Waals surface area (Å²) in [6.07, 6.45) is -7.38. The Kier molecular flexibility index (Phi) is 4.62. The van der Waals surface area contributed by atoms with Gasteiger partial charge in [0.15, 0.2) is 23.3 Å². The standard InChI is InChI=1S/C14H6F8O3/c15-5-1-3-13(21,9(19)7(5)17)11(23)25-12(24)14(22)4-2-6(16)8(18)10(14)20/h1-4,9-10H. The van der Waals surface area contributed by atoms with Crippen LogP contribution in [0.2, 0.25) is 0 Å². The Morgan fingerprint density at radius 3 is 1.44 bits per heavy atom. The maximum Gasteiger partial charge on any atom is 0.359 e. The molecule has 0 fully saturated rings. The smallest absolute Gasteiger partial charge is 0.359 e. The SMILES string of the molecule is O=C(OC(=O)C1(F)C=CC(F)=C(F)C1F)C1(F)C=CC(F)=C(F)C1F. The van der Waals surface area contributed by atoms with E-state index in [0.717, 1.165) is 0 Å². The van der Waals surface area contributed by atoms with Crippen LogP contribution in [-0.4, -0.2) is 35.6 Å². The molecule has 2 aliphatic carbocycles. The average molecular weight is 374 g/mol. The molecule has 0 aromatic rings. The molecule has 0 heterocycles. The summed E-state index contributed by atoms with van der Waals surface area (Å²) in [6.45, 7) is 0. The molecule has 0 aromatic heterocycles. The maximum atomic E-state index is 14.2. The summed E-state index contributed by atoms with van der Waals surface area (Å²) in [5, 5.41) is 0. The minimum absolute atomic E-state index is 0.0125. The van der Waals surface area contributed by atoms with Crippen LogP contribution in [0.4, 0.5) is 35.1 Å². The predicted molar refractivity (Wildman–Crippen MR) is 65.3 cm³/mol. The lowest BCUT2D eigenvalue weighted by molar-refractivity contribution is -0.176. The van der Waals surface area contributed by atoms with Crippen molar-refractivity contribution in [3.63, 3.8) is 0 Å². The zero-order valence-corrected chi connectivity index (χ0v) is 11.7. The Balaban J connectivity index is 2.23. The molecule has 0 spiro atoms. The van der Waals surface area contributed by atoms with Crippen molar-refractivity contribution in [2.24, 2.45) is 0 Å².